The van der Waals surface area contributed by atoms with Crippen LogP contribution in [0.2, 0.25) is 0 Å². The highest BCUT2D eigenvalue weighted by atomic mass is 16.3. The van der Waals surface area contributed by atoms with E-state index in [4.69, 9.17) is 0 Å². The van der Waals surface area contributed by atoms with Gasteiger partial charge in [0.15, 0.2) is 0 Å². The van der Waals surface area contributed by atoms with E-state index >= 15 is 0 Å². The van der Waals surface area contributed by atoms with Crippen molar-refractivity contribution in [3.8, 4) is 0 Å². The summed E-state index contributed by atoms with van der Waals surface area (Å²) in [5, 5.41) is 9.28. The highest BCUT2D eigenvalue weighted by molar-refractivity contribution is 4.79. The molecule has 0 aliphatic rings. The summed E-state index contributed by atoms with van der Waals surface area (Å²) in [6.07, 6.45) is 6.36. The third kappa shape index (κ3) is 5.36. The Labute approximate surface area is 76.5 Å². The van der Waals surface area contributed by atoms with Crippen LogP contribution in [0.15, 0.2) is 12.2 Å². The van der Waals surface area contributed by atoms with Crippen LogP contribution in [0.4, 0.5) is 0 Å². The van der Waals surface area contributed by atoms with Crippen molar-refractivity contribution in [1.82, 2.24) is 0 Å². The molecule has 0 aromatic carbocycles. The summed E-state index contributed by atoms with van der Waals surface area (Å²) < 4.78 is 0. The summed E-state index contributed by atoms with van der Waals surface area (Å²) in [5.41, 5.74) is 0. The molecule has 12 heavy (non-hydrogen) atoms. The molecule has 1 nitrogen and oxygen atoms in total. The Morgan fingerprint density at radius 2 is 1.83 bits per heavy atom. The lowest BCUT2D eigenvalue weighted by molar-refractivity contribution is 0.121. The molecule has 0 aromatic rings. The van der Waals surface area contributed by atoms with Crippen molar-refractivity contribution in [2.24, 2.45) is 11.8 Å². The molecule has 0 radical (unpaired) electrons. The van der Waals surface area contributed by atoms with Gasteiger partial charge in [-0.1, -0.05) is 26.0 Å². The van der Waals surface area contributed by atoms with Gasteiger partial charge in [-0.2, -0.15) is 0 Å². The number of allylic oxidation sites excluding steroid dienone is 2. The second-order valence-electron chi connectivity index (χ2n) is 3.86. The van der Waals surface area contributed by atoms with E-state index < -0.39 is 0 Å². The SMILES string of the molecule is C/C=C/CC(C)CC(C)C(C)O. The molecule has 0 spiro atoms. The Hall–Kier alpha value is -0.300. The summed E-state index contributed by atoms with van der Waals surface area (Å²) in [6.45, 7) is 8.26. The number of hydrogen-bond acceptors (Lipinski definition) is 1. The number of hydrogen-bond donors (Lipinski definition) is 1. The lowest BCUT2D eigenvalue weighted by atomic mass is 9.91. The average molecular weight is 170 g/mol. The minimum absolute atomic E-state index is 0.168. The molecular weight excluding hydrogens is 148 g/mol. The molecule has 0 amide bonds. The largest absolute Gasteiger partial charge is 0.393 e. The quantitative estimate of drug-likeness (QED) is 0.629. The summed E-state index contributed by atoms with van der Waals surface area (Å²) in [7, 11) is 0. The Balaban J connectivity index is 3.60. The first-order valence-electron chi connectivity index (χ1n) is 4.87. The van der Waals surface area contributed by atoms with Crippen LogP contribution in [0.25, 0.3) is 0 Å². The van der Waals surface area contributed by atoms with E-state index in [1.165, 1.54) is 0 Å². The Kier molecular flexibility index (Phi) is 6.09. The summed E-state index contributed by atoms with van der Waals surface area (Å²) >= 11 is 0. The van der Waals surface area contributed by atoms with E-state index in [-0.39, 0.29) is 6.10 Å². The molecule has 1 N–H and O–H groups in total. The average Bonchev–Trinajstić information content (AvgIpc) is 2.00. The van der Waals surface area contributed by atoms with Crippen molar-refractivity contribution in [3.05, 3.63) is 12.2 Å². The Morgan fingerprint density at radius 1 is 1.25 bits per heavy atom. The van der Waals surface area contributed by atoms with Gasteiger partial charge in [-0.25, -0.2) is 0 Å². The standard InChI is InChI=1S/C11H22O/c1-5-6-7-9(2)8-10(3)11(4)12/h5-6,9-12H,7-8H2,1-4H3/b6-5+. The summed E-state index contributed by atoms with van der Waals surface area (Å²) in [4.78, 5) is 0. The highest BCUT2D eigenvalue weighted by Crippen LogP contribution is 2.18. The van der Waals surface area contributed by atoms with Crippen LogP contribution in [0.5, 0.6) is 0 Å². The fraction of sp³-hybridized carbons (Fsp3) is 0.818. The minimum Gasteiger partial charge on any atom is -0.393 e. The maximum atomic E-state index is 9.28. The smallest absolute Gasteiger partial charge is 0.0537 e. The van der Waals surface area contributed by atoms with Gasteiger partial charge in [0.25, 0.3) is 0 Å². The highest BCUT2D eigenvalue weighted by Gasteiger charge is 2.11. The molecule has 0 aromatic heterocycles. The fourth-order valence-corrected chi connectivity index (χ4v) is 1.30. The molecule has 3 unspecified atom stereocenters. The van der Waals surface area contributed by atoms with Gasteiger partial charge in [-0.15, -0.1) is 0 Å². The first kappa shape index (κ1) is 11.7. The molecule has 0 bridgehead atoms. The fourth-order valence-electron chi connectivity index (χ4n) is 1.30. The van der Waals surface area contributed by atoms with E-state index in [0.717, 1.165) is 12.8 Å². The maximum absolute atomic E-state index is 9.28. The second kappa shape index (κ2) is 6.24. The topological polar surface area (TPSA) is 20.2 Å². The molecular formula is C11H22O. The predicted octanol–water partition coefficient (Wildman–Crippen LogP) is 3.00. The van der Waals surface area contributed by atoms with Crippen molar-refractivity contribution in [2.75, 3.05) is 0 Å². The monoisotopic (exact) mass is 170 g/mol. The van der Waals surface area contributed by atoms with Crippen LogP contribution >= 0.6 is 0 Å². The van der Waals surface area contributed by atoms with Crippen LogP contribution in [-0.2, 0) is 0 Å². The molecule has 0 saturated heterocycles. The van der Waals surface area contributed by atoms with Gasteiger partial charge >= 0.3 is 0 Å². The third-order valence-corrected chi connectivity index (χ3v) is 2.37. The zero-order chi connectivity index (χ0) is 9.56. The second-order valence-corrected chi connectivity index (χ2v) is 3.86. The van der Waals surface area contributed by atoms with Gasteiger partial charge < -0.3 is 5.11 Å². The van der Waals surface area contributed by atoms with Gasteiger partial charge in [0, 0.05) is 0 Å². The Bertz CT molecular complexity index is 127. The van der Waals surface area contributed by atoms with Crippen LogP contribution < -0.4 is 0 Å². The van der Waals surface area contributed by atoms with E-state index in [9.17, 15) is 5.11 Å². The van der Waals surface area contributed by atoms with Crippen LogP contribution in [-0.4, -0.2) is 11.2 Å². The summed E-state index contributed by atoms with van der Waals surface area (Å²) in [6, 6.07) is 0. The minimum atomic E-state index is -0.168. The van der Waals surface area contributed by atoms with E-state index in [1.807, 2.05) is 13.8 Å². The molecule has 72 valence electrons. The number of aliphatic hydroxyl groups is 1. The van der Waals surface area contributed by atoms with Crippen LogP contribution in [0.1, 0.15) is 40.5 Å². The first-order chi connectivity index (χ1) is 5.57. The van der Waals surface area contributed by atoms with E-state index in [0.29, 0.717) is 11.8 Å². The normalized spacial score (nSPS) is 19.4. The third-order valence-electron chi connectivity index (χ3n) is 2.37. The van der Waals surface area contributed by atoms with Crippen molar-refractivity contribution in [3.63, 3.8) is 0 Å². The molecule has 3 atom stereocenters. The van der Waals surface area contributed by atoms with Crippen molar-refractivity contribution < 1.29 is 5.11 Å². The summed E-state index contributed by atoms with van der Waals surface area (Å²) in [5.74, 6) is 1.11. The van der Waals surface area contributed by atoms with Crippen molar-refractivity contribution in [2.45, 2.75) is 46.6 Å². The Morgan fingerprint density at radius 3 is 2.25 bits per heavy atom. The molecule has 0 heterocycles. The molecule has 1 heteroatoms. The van der Waals surface area contributed by atoms with Gasteiger partial charge in [-0.3, -0.25) is 0 Å². The molecule has 0 aliphatic heterocycles. The molecule has 0 fully saturated rings. The van der Waals surface area contributed by atoms with Crippen molar-refractivity contribution in [1.29, 1.82) is 0 Å². The first-order valence-corrected chi connectivity index (χ1v) is 4.87. The van der Waals surface area contributed by atoms with Crippen molar-refractivity contribution >= 4 is 0 Å². The van der Waals surface area contributed by atoms with Gasteiger partial charge in [-0.05, 0) is 38.5 Å². The van der Waals surface area contributed by atoms with Gasteiger partial charge in [0.2, 0.25) is 0 Å². The van der Waals surface area contributed by atoms with Crippen LogP contribution in [0, 0.1) is 11.8 Å². The van der Waals surface area contributed by atoms with E-state index in [1.54, 1.807) is 0 Å². The predicted molar refractivity (Wildman–Crippen MR) is 54.1 cm³/mol. The molecule has 0 rings (SSSR count). The zero-order valence-corrected chi connectivity index (χ0v) is 8.75. The molecule has 0 aliphatic carbocycles. The van der Waals surface area contributed by atoms with Gasteiger partial charge in [0.05, 0.1) is 6.10 Å². The maximum Gasteiger partial charge on any atom is 0.0537 e. The van der Waals surface area contributed by atoms with Gasteiger partial charge in [0.1, 0.15) is 0 Å². The lowest BCUT2D eigenvalue weighted by Gasteiger charge is -2.18. The van der Waals surface area contributed by atoms with E-state index in [2.05, 4.69) is 26.0 Å². The number of rotatable bonds is 5. The zero-order valence-electron chi connectivity index (χ0n) is 8.75. The van der Waals surface area contributed by atoms with Crippen LogP contribution in [0.3, 0.4) is 0 Å². The lowest BCUT2D eigenvalue weighted by Crippen LogP contribution is -2.15. The molecule has 0 saturated carbocycles. The number of aliphatic hydroxyl groups excluding tert-OH is 1.